The number of nitrogens with one attached hydrogen (secondary N) is 1. The van der Waals surface area contributed by atoms with Gasteiger partial charge in [-0.1, -0.05) is 0 Å². The summed E-state index contributed by atoms with van der Waals surface area (Å²) in [4.78, 5) is 21.8. The van der Waals surface area contributed by atoms with Gasteiger partial charge in [-0.25, -0.2) is 4.98 Å². The second kappa shape index (κ2) is 7.78. The van der Waals surface area contributed by atoms with E-state index in [1.807, 2.05) is 19.1 Å². The lowest BCUT2D eigenvalue weighted by atomic mass is 10.1. The SMILES string of the molecule is COc1cc(CN2CCc3nc(C)[nH]c(=O)c3CC2)cc(OC)c1OC. The van der Waals surface area contributed by atoms with Gasteiger partial charge < -0.3 is 19.2 Å². The van der Waals surface area contributed by atoms with E-state index < -0.39 is 0 Å². The van der Waals surface area contributed by atoms with E-state index >= 15 is 0 Å². The molecular weight excluding hydrogens is 334 g/mol. The van der Waals surface area contributed by atoms with Gasteiger partial charge in [0.25, 0.3) is 5.56 Å². The zero-order valence-corrected chi connectivity index (χ0v) is 15.7. The molecule has 0 radical (unpaired) electrons. The first kappa shape index (κ1) is 18.3. The average molecular weight is 359 g/mol. The second-order valence-electron chi connectivity index (χ2n) is 6.39. The molecule has 0 unspecified atom stereocenters. The van der Waals surface area contributed by atoms with Crippen molar-refractivity contribution >= 4 is 0 Å². The van der Waals surface area contributed by atoms with Crippen LogP contribution in [0, 0.1) is 6.92 Å². The highest BCUT2D eigenvalue weighted by molar-refractivity contribution is 5.53. The number of ether oxygens (including phenoxy) is 3. The van der Waals surface area contributed by atoms with Gasteiger partial charge >= 0.3 is 0 Å². The minimum Gasteiger partial charge on any atom is -0.493 e. The molecule has 0 atom stereocenters. The Kier molecular flexibility index (Phi) is 5.46. The predicted molar refractivity (Wildman–Crippen MR) is 98.4 cm³/mol. The summed E-state index contributed by atoms with van der Waals surface area (Å²) in [7, 11) is 4.83. The maximum atomic E-state index is 12.2. The highest BCUT2D eigenvalue weighted by atomic mass is 16.5. The monoisotopic (exact) mass is 359 g/mol. The number of rotatable bonds is 5. The summed E-state index contributed by atoms with van der Waals surface area (Å²) in [5.41, 5.74) is 2.78. The van der Waals surface area contributed by atoms with Gasteiger partial charge in [0.15, 0.2) is 11.5 Å². The predicted octanol–water partition coefficient (Wildman–Crippen LogP) is 1.70. The topological polar surface area (TPSA) is 76.7 Å². The third-order valence-electron chi connectivity index (χ3n) is 4.69. The molecule has 2 heterocycles. The molecule has 0 spiro atoms. The number of aromatic amines is 1. The van der Waals surface area contributed by atoms with E-state index in [0.29, 0.717) is 29.5 Å². The number of benzene rings is 1. The third kappa shape index (κ3) is 3.67. The van der Waals surface area contributed by atoms with Crippen LogP contribution < -0.4 is 19.8 Å². The van der Waals surface area contributed by atoms with Crippen LogP contribution in [0.3, 0.4) is 0 Å². The van der Waals surface area contributed by atoms with Crippen molar-refractivity contribution in [1.29, 1.82) is 0 Å². The summed E-state index contributed by atoms with van der Waals surface area (Å²) in [5, 5.41) is 0. The van der Waals surface area contributed by atoms with Gasteiger partial charge in [-0.2, -0.15) is 0 Å². The van der Waals surface area contributed by atoms with Crippen LogP contribution in [-0.4, -0.2) is 49.3 Å². The van der Waals surface area contributed by atoms with Crippen molar-refractivity contribution in [2.45, 2.75) is 26.3 Å². The zero-order valence-electron chi connectivity index (χ0n) is 15.7. The lowest BCUT2D eigenvalue weighted by Gasteiger charge is -2.21. The van der Waals surface area contributed by atoms with E-state index in [-0.39, 0.29) is 5.56 Å². The van der Waals surface area contributed by atoms with Crippen LogP contribution in [-0.2, 0) is 19.4 Å². The number of aromatic nitrogens is 2. The van der Waals surface area contributed by atoms with E-state index in [1.165, 1.54) is 0 Å². The van der Waals surface area contributed by atoms with Crippen LogP contribution in [0.5, 0.6) is 17.2 Å². The van der Waals surface area contributed by atoms with E-state index in [2.05, 4.69) is 14.9 Å². The molecule has 0 bridgehead atoms. The molecule has 1 aliphatic heterocycles. The Hall–Kier alpha value is -2.54. The number of aryl methyl sites for hydroxylation is 1. The first-order valence-electron chi connectivity index (χ1n) is 8.65. The Labute approximate surface area is 152 Å². The first-order chi connectivity index (χ1) is 12.5. The molecule has 0 saturated carbocycles. The molecule has 7 nitrogen and oxygen atoms in total. The second-order valence-corrected chi connectivity index (χ2v) is 6.39. The van der Waals surface area contributed by atoms with Crippen LogP contribution >= 0.6 is 0 Å². The zero-order chi connectivity index (χ0) is 18.7. The quantitative estimate of drug-likeness (QED) is 0.876. The van der Waals surface area contributed by atoms with Crippen molar-refractivity contribution in [3.05, 3.63) is 45.1 Å². The van der Waals surface area contributed by atoms with Crippen molar-refractivity contribution in [3.63, 3.8) is 0 Å². The Morgan fingerprint density at radius 2 is 1.73 bits per heavy atom. The fraction of sp³-hybridized carbons (Fsp3) is 0.474. The van der Waals surface area contributed by atoms with Crippen LogP contribution in [0.25, 0.3) is 0 Å². The number of H-pyrrole nitrogens is 1. The van der Waals surface area contributed by atoms with Gasteiger partial charge in [0.1, 0.15) is 5.82 Å². The smallest absolute Gasteiger partial charge is 0.254 e. The lowest BCUT2D eigenvalue weighted by Crippen LogP contribution is -2.26. The molecule has 7 heteroatoms. The van der Waals surface area contributed by atoms with Crippen LogP contribution in [0.1, 0.15) is 22.6 Å². The summed E-state index contributed by atoms with van der Waals surface area (Å²) in [6.45, 7) is 4.21. The van der Waals surface area contributed by atoms with Gasteiger partial charge in [-0.3, -0.25) is 9.69 Å². The minimum atomic E-state index is -0.0119. The van der Waals surface area contributed by atoms with Crippen LogP contribution in [0.15, 0.2) is 16.9 Å². The van der Waals surface area contributed by atoms with Gasteiger partial charge in [0.2, 0.25) is 5.75 Å². The van der Waals surface area contributed by atoms with Crippen molar-refractivity contribution in [3.8, 4) is 17.2 Å². The van der Waals surface area contributed by atoms with Crippen molar-refractivity contribution in [2.75, 3.05) is 34.4 Å². The van der Waals surface area contributed by atoms with E-state index in [4.69, 9.17) is 14.2 Å². The molecule has 0 saturated heterocycles. The molecule has 1 N–H and O–H groups in total. The Morgan fingerprint density at radius 3 is 2.35 bits per heavy atom. The normalized spacial score (nSPS) is 14.5. The van der Waals surface area contributed by atoms with Crippen molar-refractivity contribution < 1.29 is 14.2 Å². The maximum Gasteiger partial charge on any atom is 0.254 e. The van der Waals surface area contributed by atoms with Crippen LogP contribution in [0.4, 0.5) is 0 Å². The highest BCUT2D eigenvalue weighted by Crippen LogP contribution is 2.38. The Balaban J connectivity index is 1.80. The average Bonchev–Trinajstić information content (AvgIpc) is 2.83. The van der Waals surface area contributed by atoms with E-state index in [1.54, 1.807) is 21.3 Å². The van der Waals surface area contributed by atoms with Gasteiger partial charge in [-0.05, 0) is 31.0 Å². The third-order valence-corrected chi connectivity index (χ3v) is 4.69. The fourth-order valence-corrected chi connectivity index (χ4v) is 3.42. The summed E-state index contributed by atoms with van der Waals surface area (Å²) in [6.07, 6.45) is 1.47. The molecule has 1 aromatic heterocycles. The summed E-state index contributed by atoms with van der Waals surface area (Å²) < 4.78 is 16.2. The van der Waals surface area contributed by atoms with Crippen molar-refractivity contribution in [1.82, 2.24) is 14.9 Å². The molecule has 26 heavy (non-hydrogen) atoms. The molecular formula is C19H25N3O4. The number of fused-ring (bicyclic) bond motifs is 1. The summed E-state index contributed by atoms with van der Waals surface area (Å²) in [5.74, 6) is 2.56. The molecule has 1 aliphatic rings. The largest absolute Gasteiger partial charge is 0.493 e. The van der Waals surface area contributed by atoms with Gasteiger partial charge in [0, 0.05) is 31.6 Å². The molecule has 2 aromatic rings. The Morgan fingerprint density at radius 1 is 1.08 bits per heavy atom. The van der Waals surface area contributed by atoms with Crippen LogP contribution in [0.2, 0.25) is 0 Å². The van der Waals surface area contributed by atoms with E-state index in [9.17, 15) is 4.79 Å². The van der Waals surface area contributed by atoms with E-state index in [0.717, 1.165) is 42.9 Å². The standard InChI is InChI=1S/C19H25N3O4/c1-12-20-15-6-8-22(7-5-14(15)19(23)21-12)11-13-9-16(24-2)18(26-4)17(10-13)25-3/h9-10H,5-8,11H2,1-4H3,(H,20,21,23). The molecule has 1 aromatic carbocycles. The Bertz CT molecular complexity index is 822. The maximum absolute atomic E-state index is 12.2. The number of hydrogen-bond donors (Lipinski definition) is 1. The molecule has 140 valence electrons. The first-order valence-corrected chi connectivity index (χ1v) is 8.65. The molecule has 3 rings (SSSR count). The van der Waals surface area contributed by atoms with Gasteiger partial charge in [-0.15, -0.1) is 0 Å². The summed E-state index contributed by atoms with van der Waals surface area (Å²) in [6, 6.07) is 3.93. The molecule has 0 aliphatic carbocycles. The molecule has 0 fully saturated rings. The number of methoxy groups -OCH3 is 3. The fourth-order valence-electron chi connectivity index (χ4n) is 3.42. The lowest BCUT2D eigenvalue weighted by molar-refractivity contribution is 0.276. The number of nitrogens with zero attached hydrogens (tertiary/aromatic N) is 2. The highest BCUT2D eigenvalue weighted by Gasteiger charge is 2.20. The molecule has 0 amide bonds. The van der Waals surface area contributed by atoms with Gasteiger partial charge in [0.05, 0.1) is 27.0 Å². The summed E-state index contributed by atoms with van der Waals surface area (Å²) >= 11 is 0. The minimum absolute atomic E-state index is 0.0119. The van der Waals surface area contributed by atoms with Crippen molar-refractivity contribution in [2.24, 2.45) is 0 Å². The number of hydrogen-bond acceptors (Lipinski definition) is 6.